The van der Waals surface area contributed by atoms with E-state index in [2.05, 4.69) is 5.43 Å². The van der Waals surface area contributed by atoms with Crippen LogP contribution in [0.5, 0.6) is 0 Å². The van der Waals surface area contributed by atoms with E-state index >= 15 is 0 Å². The van der Waals surface area contributed by atoms with E-state index in [1.807, 2.05) is 61.5 Å². The Morgan fingerprint density at radius 2 is 1.67 bits per heavy atom. The first-order valence-corrected chi connectivity index (χ1v) is 5.65. The molecule has 0 saturated heterocycles. The summed E-state index contributed by atoms with van der Waals surface area (Å²) in [6.45, 7) is 1.93. The van der Waals surface area contributed by atoms with E-state index in [9.17, 15) is 4.79 Å². The van der Waals surface area contributed by atoms with Crippen molar-refractivity contribution in [1.29, 1.82) is 0 Å². The van der Waals surface area contributed by atoms with Crippen molar-refractivity contribution in [3.05, 3.63) is 60.2 Å². The van der Waals surface area contributed by atoms with Crippen LogP contribution in [0.15, 0.2) is 54.6 Å². The number of nitrogens with zero attached hydrogens (tertiary/aromatic N) is 1. The van der Waals surface area contributed by atoms with Crippen molar-refractivity contribution in [1.82, 2.24) is 0 Å². The van der Waals surface area contributed by atoms with Crippen LogP contribution in [0, 0.1) is 6.92 Å². The molecule has 0 atom stereocenters. The third kappa shape index (κ3) is 2.60. The van der Waals surface area contributed by atoms with Crippen molar-refractivity contribution >= 4 is 17.4 Å². The van der Waals surface area contributed by atoms with Crippen LogP contribution in [-0.2, 0) is 0 Å². The summed E-state index contributed by atoms with van der Waals surface area (Å²) < 4.78 is 0. The van der Waals surface area contributed by atoms with Gasteiger partial charge in [-0.3, -0.25) is 5.43 Å². The lowest BCUT2D eigenvalue weighted by Gasteiger charge is -2.23. The van der Waals surface area contributed by atoms with Gasteiger partial charge in [-0.2, -0.15) is 0 Å². The maximum absolute atomic E-state index is 11.5. The largest absolute Gasteiger partial charge is 0.350 e. The smallest absolute Gasteiger partial charge is 0.338 e. The van der Waals surface area contributed by atoms with Crippen LogP contribution in [0.25, 0.3) is 0 Å². The standard InChI is InChI=1S/C14H15N3O/c1-11-7-5-6-10-13(11)17(14(15)18)16-12-8-3-2-4-9-12/h2-10,16H,1H3,(H2,15,18). The molecule has 0 unspecified atom stereocenters. The number of rotatable bonds is 3. The van der Waals surface area contributed by atoms with Crippen LogP contribution < -0.4 is 16.2 Å². The Bertz CT molecular complexity index is 540. The van der Waals surface area contributed by atoms with E-state index < -0.39 is 6.03 Å². The summed E-state index contributed by atoms with van der Waals surface area (Å²) in [6.07, 6.45) is 0. The molecule has 0 aliphatic rings. The highest BCUT2D eigenvalue weighted by Gasteiger charge is 2.13. The molecule has 0 fully saturated rings. The molecule has 0 heterocycles. The van der Waals surface area contributed by atoms with Gasteiger partial charge in [0, 0.05) is 0 Å². The number of carbonyl (C=O) groups excluding carboxylic acids is 1. The molecule has 0 aromatic heterocycles. The van der Waals surface area contributed by atoms with Gasteiger partial charge in [-0.25, -0.2) is 9.80 Å². The molecule has 2 rings (SSSR count). The second-order valence-electron chi connectivity index (χ2n) is 3.94. The van der Waals surface area contributed by atoms with Crippen molar-refractivity contribution in [2.75, 3.05) is 10.4 Å². The maximum atomic E-state index is 11.5. The van der Waals surface area contributed by atoms with Crippen LogP contribution in [0.3, 0.4) is 0 Å². The zero-order valence-electron chi connectivity index (χ0n) is 10.1. The van der Waals surface area contributed by atoms with Crippen molar-refractivity contribution in [3.63, 3.8) is 0 Å². The summed E-state index contributed by atoms with van der Waals surface area (Å²) in [4.78, 5) is 11.5. The van der Waals surface area contributed by atoms with Crippen LogP contribution >= 0.6 is 0 Å². The molecule has 4 nitrogen and oxygen atoms in total. The Labute approximate surface area is 106 Å². The zero-order chi connectivity index (χ0) is 13.0. The first-order chi connectivity index (χ1) is 8.68. The molecule has 0 spiro atoms. The number of primary amides is 1. The van der Waals surface area contributed by atoms with E-state index in [1.165, 1.54) is 5.01 Å². The van der Waals surface area contributed by atoms with Gasteiger partial charge >= 0.3 is 6.03 Å². The fourth-order valence-electron chi connectivity index (χ4n) is 1.69. The topological polar surface area (TPSA) is 58.4 Å². The summed E-state index contributed by atoms with van der Waals surface area (Å²) in [7, 11) is 0. The minimum absolute atomic E-state index is 0.548. The Morgan fingerprint density at radius 1 is 1.06 bits per heavy atom. The molecule has 0 radical (unpaired) electrons. The van der Waals surface area contributed by atoms with E-state index in [0.717, 1.165) is 16.9 Å². The highest BCUT2D eigenvalue weighted by molar-refractivity contribution is 5.93. The number of aryl methyl sites for hydroxylation is 1. The van der Waals surface area contributed by atoms with Gasteiger partial charge < -0.3 is 5.73 Å². The predicted molar refractivity (Wildman–Crippen MR) is 73.3 cm³/mol. The second-order valence-corrected chi connectivity index (χ2v) is 3.94. The summed E-state index contributed by atoms with van der Waals surface area (Å²) in [5.41, 5.74) is 10.9. The zero-order valence-corrected chi connectivity index (χ0v) is 10.1. The number of nitrogens with one attached hydrogen (secondary N) is 1. The maximum Gasteiger partial charge on any atom is 0.338 e. The van der Waals surface area contributed by atoms with E-state index in [4.69, 9.17) is 5.73 Å². The molecule has 2 amide bonds. The van der Waals surface area contributed by atoms with Gasteiger partial charge in [0.05, 0.1) is 11.4 Å². The number of hydrogen-bond acceptors (Lipinski definition) is 2. The average Bonchev–Trinajstić information content (AvgIpc) is 2.38. The third-order valence-corrected chi connectivity index (χ3v) is 2.59. The number of amides is 2. The molecule has 0 aliphatic carbocycles. The normalized spacial score (nSPS) is 9.83. The Hall–Kier alpha value is -2.49. The van der Waals surface area contributed by atoms with Gasteiger partial charge in [0.25, 0.3) is 0 Å². The number of nitrogens with two attached hydrogens (primary N) is 1. The Morgan fingerprint density at radius 3 is 2.28 bits per heavy atom. The van der Waals surface area contributed by atoms with Gasteiger partial charge in [0.2, 0.25) is 0 Å². The van der Waals surface area contributed by atoms with Crippen LogP contribution in [0.4, 0.5) is 16.2 Å². The highest BCUT2D eigenvalue weighted by Crippen LogP contribution is 2.20. The summed E-state index contributed by atoms with van der Waals surface area (Å²) >= 11 is 0. The van der Waals surface area contributed by atoms with Gasteiger partial charge in [-0.15, -0.1) is 0 Å². The number of urea groups is 1. The van der Waals surface area contributed by atoms with E-state index in [-0.39, 0.29) is 0 Å². The fraction of sp³-hybridized carbons (Fsp3) is 0.0714. The van der Waals surface area contributed by atoms with E-state index in [1.54, 1.807) is 0 Å². The summed E-state index contributed by atoms with van der Waals surface area (Å²) in [6, 6.07) is 16.4. The number of benzene rings is 2. The number of carbonyl (C=O) groups is 1. The molecule has 3 N–H and O–H groups in total. The lowest BCUT2D eigenvalue weighted by molar-refractivity contribution is 0.255. The lowest BCUT2D eigenvalue weighted by Crippen LogP contribution is -2.40. The molecule has 0 aliphatic heterocycles. The van der Waals surface area contributed by atoms with Gasteiger partial charge in [-0.1, -0.05) is 36.4 Å². The van der Waals surface area contributed by atoms with Crippen LogP contribution in [0.1, 0.15) is 5.56 Å². The van der Waals surface area contributed by atoms with Crippen LogP contribution in [-0.4, -0.2) is 6.03 Å². The third-order valence-electron chi connectivity index (χ3n) is 2.59. The SMILES string of the molecule is Cc1ccccc1N(Nc1ccccc1)C(N)=O. The average molecular weight is 241 g/mol. The minimum atomic E-state index is -0.548. The van der Waals surface area contributed by atoms with Crippen molar-refractivity contribution in [3.8, 4) is 0 Å². The first-order valence-electron chi connectivity index (χ1n) is 5.65. The van der Waals surface area contributed by atoms with Gasteiger partial charge in [0.15, 0.2) is 0 Å². The summed E-state index contributed by atoms with van der Waals surface area (Å²) in [5.74, 6) is 0. The Kier molecular flexibility index (Phi) is 3.48. The first kappa shape index (κ1) is 12.0. The number of para-hydroxylation sites is 2. The molecule has 4 heteroatoms. The monoisotopic (exact) mass is 241 g/mol. The quantitative estimate of drug-likeness (QED) is 0.812. The summed E-state index contributed by atoms with van der Waals surface area (Å²) in [5, 5.41) is 1.34. The molecule has 2 aromatic carbocycles. The molecule has 0 bridgehead atoms. The van der Waals surface area contributed by atoms with Crippen LogP contribution in [0.2, 0.25) is 0 Å². The second kappa shape index (κ2) is 5.23. The van der Waals surface area contributed by atoms with E-state index in [0.29, 0.717) is 0 Å². The lowest BCUT2D eigenvalue weighted by atomic mass is 10.2. The molecule has 18 heavy (non-hydrogen) atoms. The highest BCUT2D eigenvalue weighted by atomic mass is 16.2. The Balaban J connectivity index is 2.30. The predicted octanol–water partition coefficient (Wildman–Crippen LogP) is 2.91. The van der Waals surface area contributed by atoms with Gasteiger partial charge in [-0.05, 0) is 30.7 Å². The van der Waals surface area contributed by atoms with Crippen molar-refractivity contribution < 1.29 is 4.79 Å². The molecular weight excluding hydrogens is 226 g/mol. The molecule has 2 aromatic rings. The van der Waals surface area contributed by atoms with Crippen molar-refractivity contribution in [2.24, 2.45) is 5.73 Å². The molecular formula is C14H15N3O. The minimum Gasteiger partial charge on any atom is -0.350 e. The van der Waals surface area contributed by atoms with Gasteiger partial charge in [0.1, 0.15) is 0 Å². The molecule has 0 saturated carbocycles. The number of anilines is 2. The molecule has 92 valence electrons. The fourth-order valence-corrected chi connectivity index (χ4v) is 1.69. The van der Waals surface area contributed by atoms with Crippen molar-refractivity contribution in [2.45, 2.75) is 6.92 Å². The number of hydrogen-bond donors (Lipinski definition) is 2. The number of hydrazine groups is 1.